The van der Waals surface area contributed by atoms with Crippen molar-refractivity contribution in [2.75, 3.05) is 26.7 Å². The third-order valence-electron chi connectivity index (χ3n) is 2.04. The van der Waals surface area contributed by atoms with Crippen LogP contribution in [-0.4, -0.2) is 49.6 Å². The molecule has 0 bridgehead atoms. The van der Waals surface area contributed by atoms with Gasteiger partial charge >= 0.3 is 5.97 Å². The molecule has 16 heavy (non-hydrogen) atoms. The fraction of sp³-hybridized carbons (Fsp3) is 0.800. The van der Waals surface area contributed by atoms with Crippen molar-refractivity contribution in [2.24, 2.45) is 4.99 Å². The van der Waals surface area contributed by atoms with E-state index in [9.17, 15) is 4.79 Å². The number of rotatable bonds is 4. The van der Waals surface area contributed by atoms with Crippen molar-refractivity contribution in [1.82, 2.24) is 10.2 Å². The molecule has 0 spiro atoms. The molecule has 0 aliphatic carbocycles. The Bertz CT molecular complexity index is 256. The van der Waals surface area contributed by atoms with E-state index in [0.717, 1.165) is 19.0 Å². The van der Waals surface area contributed by atoms with Gasteiger partial charge in [0.1, 0.15) is 0 Å². The van der Waals surface area contributed by atoms with E-state index < -0.39 is 0 Å². The molecule has 0 fully saturated rings. The predicted octanol–water partition coefficient (Wildman–Crippen LogP) is 0.837. The smallest absolute Gasteiger partial charge is 0.307 e. The Hall–Kier alpha value is -0.530. The molecule has 94 valence electrons. The third-order valence-corrected chi connectivity index (χ3v) is 2.04. The van der Waals surface area contributed by atoms with E-state index in [-0.39, 0.29) is 36.0 Å². The van der Waals surface area contributed by atoms with Crippen LogP contribution in [0, 0.1) is 0 Å². The van der Waals surface area contributed by atoms with Gasteiger partial charge in [-0.15, -0.1) is 24.0 Å². The molecule has 1 aliphatic rings. The van der Waals surface area contributed by atoms with Crippen LogP contribution in [0.1, 0.15) is 20.3 Å². The van der Waals surface area contributed by atoms with Crippen molar-refractivity contribution in [1.29, 1.82) is 0 Å². The number of likely N-dealkylation sites (N-methyl/N-ethyl adjacent to an activating group) is 1. The average molecular weight is 341 g/mol. The lowest BCUT2D eigenvalue weighted by Gasteiger charge is -2.15. The first-order valence-corrected chi connectivity index (χ1v) is 5.28. The number of nitrogens with zero attached hydrogens (tertiary/aromatic N) is 2. The highest BCUT2D eigenvalue weighted by molar-refractivity contribution is 14.0. The highest BCUT2D eigenvalue weighted by atomic mass is 127. The van der Waals surface area contributed by atoms with Crippen molar-refractivity contribution in [2.45, 2.75) is 26.4 Å². The van der Waals surface area contributed by atoms with Crippen LogP contribution >= 0.6 is 24.0 Å². The molecular formula is C10H20IN3O2. The van der Waals surface area contributed by atoms with Crippen LogP contribution in [0.2, 0.25) is 0 Å². The minimum absolute atomic E-state index is 0. The van der Waals surface area contributed by atoms with Crippen LogP contribution < -0.4 is 5.32 Å². The summed E-state index contributed by atoms with van der Waals surface area (Å²) in [5.74, 6) is 0.700. The fourth-order valence-corrected chi connectivity index (χ4v) is 1.32. The number of aliphatic imine (C=N–C) groups is 1. The van der Waals surface area contributed by atoms with Gasteiger partial charge in [-0.1, -0.05) is 0 Å². The highest BCUT2D eigenvalue weighted by Gasteiger charge is 2.12. The van der Waals surface area contributed by atoms with Crippen molar-refractivity contribution in [3.63, 3.8) is 0 Å². The first kappa shape index (κ1) is 15.5. The molecule has 0 aromatic rings. The number of halogens is 1. The lowest BCUT2D eigenvalue weighted by molar-refractivity contribution is -0.147. The second-order valence-corrected chi connectivity index (χ2v) is 3.84. The number of nitrogens with one attached hydrogen (secondary N) is 1. The molecular weight excluding hydrogens is 321 g/mol. The maximum atomic E-state index is 11.2. The van der Waals surface area contributed by atoms with Gasteiger partial charge in [-0.3, -0.25) is 9.79 Å². The number of carbonyl (C=O) groups excluding carboxylic acids is 1. The second-order valence-electron chi connectivity index (χ2n) is 3.84. The molecule has 0 atom stereocenters. The van der Waals surface area contributed by atoms with E-state index in [0.29, 0.717) is 13.0 Å². The summed E-state index contributed by atoms with van der Waals surface area (Å²) in [6.07, 6.45) is 0.342. The topological polar surface area (TPSA) is 53.9 Å². The number of carbonyl (C=O) groups is 1. The largest absolute Gasteiger partial charge is 0.463 e. The van der Waals surface area contributed by atoms with Crippen LogP contribution in [0.25, 0.3) is 0 Å². The zero-order chi connectivity index (χ0) is 11.3. The summed E-state index contributed by atoms with van der Waals surface area (Å²) in [6.45, 7) is 6.04. The monoisotopic (exact) mass is 341 g/mol. The number of esters is 1. The van der Waals surface area contributed by atoms with Gasteiger partial charge in [-0.05, 0) is 13.8 Å². The lowest BCUT2D eigenvalue weighted by Crippen LogP contribution is -2.36. The lowest BCUT2D eigenvalue weighted by atomic mass is 10.4. The molecule has 5 nitrogen and oxygen atoms in total. The Morgan fingerprint density at radius 1 is 1.62 bits per heavy atom. The number of guanidine groups is 1. The van der Waals surface area contributed by atoms with Gasteiger partial charge in [0, 0.05) is 20.1 Å². The Labute approximate surface area is 114 Å². The minimum atomic E-state index is -0.168. The van der Waals surface area contributed by atoms with Gasteiger partial charge in [0.25, 0.3) is 0 Å². The van der Waals surface area contributed by atoms with Gasteiger partial charge in [0.2, 0.25) is 0 Å². The van der Waals surface area contributed by atoms with E-state index >= 15 is 0 Å². The SMILES string of the molecule is CC(C)OC(=O)CCNC1=NCCN1C.I. The minimum Gasteiger partial charge on any atom is -0.463 e. The maximum Gasteiger partial charge on any atom is 0.307 e. The van der Waals surface area contributed by atoms with Crippen LogP contribution in [0.3, 0.4) is 0 Å². The maximum absolute atomic E-state index is 11.2. The van der Waals surface area contributed by atoms with Crippen LogP contribution in [-0.2, 0) is 9.53 Å². The predicted molar refractivity (Wildman–Crippen MR) is 74.2 cm³/mol. The van der Waals surface area contributed by atoms with E-state index in [2.05, 4.69) is 10.3 Å². The third kappa shape index (κ3) is 5.53. The van der Waals surface area contributed by atoms with E-state index in [1.807, 2.05) is 25.8 Å². The molecule has 1 aliphatic heterocycles. The summed E-state index contributed by atoms with van der Waals surface area (Å²) >= 11 is 0. The molecule has 0 saturated carbocycles. The Balaban J connectivity index is 0.00000225. The van der Waals surface area contributed by atoms with Crippen molar-refractivity contribution in [3.05, 3.63) is 0 Å². The summed E-state index contributed by atoms with van der Waals surface area (Å²) in [6, 6.07) is 0. The van der Waals surface area contributed by atoms with Gasteiger partial charge in [0.05, 0.1) is 19.1 Å². The molecule has 0 amide bonds. The number of hydrogen-bond acceptors (Lipinski definition) is 5. The van der Waals surface area contributed by atoms with Gasteiger partial charge < -0.3 is 15.0 Å². The molecule has 1 heterocycles. The molecule has 0 saturated heterocycles. The fourth-order valence-electron chi connectivity index (χ4n) is 1.32. The highest BCUT2D eigenvalue weighted by Crippen LogP contribution is 1.96. The van der Waals surface area contributed by atoms with Gasteiger partial charge in [0.15, 0.2) is 5.96 Å². The van der Waals surface area contributed by atoms with Gasteiger partial charge in [-0.25, -0.2) is 0 Å². The number of hydrogen-bond donors (Lipinski definition) is 1. The Kier molecular flexibility index (Phi) is 7.44. The average Bonchev–Trinajstić information content (AvgIpc) is 2.50. The normalized spacial score (nSPS) is 14.5. The zero-order valence-corrected chi connectivity index (χ0v) is 12.4. The zero-order valence-electron chi connectivity index (χ0n) is 10.0. The molecule has 0 aromatic carbocycles. The summed E-state index contributed by atoms with van der Waals surface area (Å²) < 4.78 is 5.01. The molecule has 0 unspecified atom stereocenters. The first-order valence-electron chi connectivity index (χ1n) is 5.28. The summed E-state index contributed by atoms with van der Waals surface area (Å²) in [4.78, 5) is 17.5. The number of ether oxygens (including phenoxy) is 1. The van der Waals surface area contributed by atoms with E-state index in [4.69, 9.17) is 4.74 Å². The standard InChI is InChI=1S/C10H19N3O2.HI/c1-8(2)15-9(14)4-5-11-10-12-6-7-13(10)3;/h8H,4-7H2,1-3H3,(H,11,12);1H. The molecule has 0 radical (unpaired) electrons. The second kappa shape index (κ2) is 7.70. The van der Waals surface area contributed by atoms with Crippen LogP contribution in [0.15, 0.2) is 4.99 Å². The van der Waals surface area contributed by atoms with Crippen molar-refractivity contribution < 1.29 is 9.53 Å². The van der Waals surface area contributed by atoms with Crippen LogP contribution in [0.4, 0.5) is 0 Å². The quantitative estimate of drug-likeness (QED) is 0.608. The van der Waals surface area contributed by atoms with Crippen molar-refractivity contribution >= 4 is 35.9 Å². The Morgan fingerprint density at radius 3 is 2.81 bits per heavy atom. The first-order chi connectivity index (χ1) is 7.09. The van der Waals surface area contributed by atoms with E-state index in [1.165, 1.54) is 0 Å². The molecule has 1 N–H and O–H groups in total. The Morgan fingerprint density at radius 2 is 2.31 bits per heavy atom. The summed E-state index contributed by atoms with van der Waals surface area (Å²) in [7, 11) is 1.98. The molecule has 1 rings (SSSR count). The van der Waals surface area contributed by atoms with Crippen LogP contribution in [0.5, 0.6) is 0 Å². The van der Waals surface area contributed by atoms with Crippen molar-refractivity contribution in [3.8, 4) is 0 Å². The van der Waals surface area contributed by atoms with Gasteiger partial charge in [-0.2, -0.15) is 0 Å². The summed E-state index contributed by atoms with van der Waals surface area (Å²) in [5, 5.41) is 3.11. The summed E-state index contributed by atoms with van der Waals surface area (Å²) in [5.41, 5.74) is 0. The molecule has 6 heteroatoms. The van der Waals surface area contributed by atoms with E-state index in [1.54, 1.807) is 0 Å². The molecule has 0 aromatic heterocycles.